The van der Waals surface area contributed by atoms with Crippen LogP contribution in [0.15, 0.2) is 36.4 Å². The second-order valence-electron chi connectivity index (χ2n) is 5.37. The van der Waals surface area contributed by atoms with E-state index in [0.717, 1.165) is 12.3 Å². The third kappa shape index (κ3) is 3.77. The summed E-state index contributed by atoms with van der Waals surface area (Å²) < 4.78 is 5.81. The molecule has 0 aliphatic heterocycles. The molecule has 0 bridgehead atoms. The molecule has 2 heteroatoms. The zero-order chi connectivity index (χ0) is 14.5. The number of para-hydroxylation sites is 1. The number of nitrogens with one attached hydrogen (secondary N) is 1. The fourth-order valence-corrected chi connectivity index (χ4v) is 2.45. The fraction of sp³-hybridized carbons (Fsp3) is 0.333. The zero-order valence-electron chi connectivity index (χ0n) is 12.8. The minimum atomic E-state index is 0.663. The number of hydrogen-bond donors (Lipinski definition) is 1. The largest absolute Gasteiger partial charge is 0.492 e. The topological polar surface area (TPSA) is 21.3 Å². The Labute approximate surface area is 121 Å². The number of benzene rings is 2. The zero-order valence-corrected chi connectivity index (χ0v) is 12.8. The number of ether oxygens (including phenoxy) is 1. The first-order valence-corrected chi connectivity index (χ1v) is 7.07. The molecule has 0 amide bonds. The van der Waals surface area contributed by atoms with Gasteiger partial charge >= 0.3 is 0 Å². The average Bonchev–Trinajstić information content (AvgIpc) is 2.36. The van der Waals surface area contributed by atoms with Crippen molar-refractivity contribution < 1.29 is 4.74 Å². The molecule has 2 nitrogen and oxygen atoms in total. The lowest BCUT2D eigenvalue weighted by molar-refractivity contribution is 0.332. The molecule has 1 N–H and O–H groups in total. The van der Waals surface area contributed by atoms with Crippen molar-refractivity contribution in [2.45, 2.75) is 27.7 Å². The van der Waals surface area contributed by atoms with Gasteiger partial charge in [0.2, 0.25) is 0 Å². The van der Waals surface area contributed by atoms with Gasteiger partial charge in [0.25, 0.3) is 0 Å². The van der Waals surface area contributed by atoms with Crippen LogP contribution in [0.3, 0.4) is 0 Å². The Hall–Kier alpha value is -1.96. The molecule has 0 spiro atoms. The van der Waals surface area contributed by atoms with E-state index in [1.165, 1.54) is 27.9 Å². The number of hydrogen-bond acceptors (Lipinski definition) is 2. The average molecular weight is 269 g/mol. The highest BCUT2D eigenvalue weighted by molar-refractivity contribution is 5.56. The summed E-state index contributed by atoms with van der Waals surface area (Å²) in [5, 5.41) is 3.46. The standard InChI is InChI=1S/C18H23NO/c1-13-10-14(2)12-17(11-13)20-9-8-19-18-15(3)6-5-7-16(18)4/h5-7,10-12,19H,8-9H2,1-4H3. The van der Waals surface area contributed by atoms with Gasteiger partial charge in [0.05, 0.1) is 0 Å². The predicted octanol–water partition coefficient (Wildman–Crippen LogP) is 4.41. The Morgan fingerprint density at radius 2 is 1.50 bits per heavy atom. The summed E-state index contributed by atoms with van der Waals surface area (Å²) >= 11 is 0. The third-order valence-electron chi connectivity index (χ3n) is 3.35. The summed E-state index contributed by atoms with van der Waals surface area (Å²) in [6, 6.07) is 12.6. The van der Waals surface area contributed by atoms with Crippen LogP contribution in [0.5, 0.6) is 5.75 Å². The molecule has 2 rings (SSSR count). The lowest BCUT2D eigenvalue weighted by atomic mass is 10.1. The van der Waals surface area contributed by atoms with E-state index in [9.17, 15) is 0 Å². The monoisotopic (exact) mass is 269 g/mol. The Kier molecular flexibility index (Phi) is 4.67. The van der Waals surface area contributed by atoms with Gasteiger partial charge in [-0.05, 0) is 62.1 Å². The summed E-state index contributed by atoms with van der Waals surface area (Å²) in [6.07, 6.45) is 0. The van der Waals surface area contributed by atoms with E-state index >= 15 is 0 Å². The molecule has 0 radical (unpaired) electrons. The minimum absolute atomic E-state index is 0.663. The van der Waals surface area contributed by atoms with Crippen molar-refractivity contribution in [3.63, 3.8) is 0 Å². The number of anilines is 1. The lowest BCUT2D eigenvalue weighted by Crippen LogP contribution is -2.13. The second kappa shape index (κ2) is 6.47. The van der Waals surface area contributed by atoms with Gasteiger partial charge in [-0.1, -0.05) is 24.3 Å². The minimum Gasteiger partial charge on any atom is -0.492 e. The van der Waals surface area contributed by atoms with Crippen LogP contribution in [0.4, 0.5) is 5.69 Å². The van der Waals surface area contributed by atoms with E-state index in [4.69, 9.17) is 4.74 Å². The molecule has 0 saturated heterocycles. The second-order valence-corrected chi connectivity index (χ2v) is 5.37. The molecule has 0 saturated carbocycles. The molecular formula is C18H23NO. The van der Waals surface area contributed by atoms with Crippen LogP contribution in [0.1, 0.15) is 22.3 Å². The molecule has 2 aromatic rings. The predicted molar refractivity (Wildman–Crippen MR) is 85.8 cm³/mol. The van der Waals surface area contributed by atoms with Crippen LogP contribution >= 0.6 is 0 Å². The van der Waals surface area contributed by atoms with Crippen molar-refractivity contribution >= 4 is 5.69 Å². The SMILES string of the molecule is Cc1cc(C)cc(OCCNc2c(C)cccc2C)c1. The number of rotatable bonds is 5. The smallest absolute Gasteiger partial charge is 0.119 e. The Morgan fingerprint density at radius 1 is 0.900 bits per heavy atom. The first-order valence-electron chi connectivity index (χ1n) is 7.07. The molecule has 0 unspecified atom stereocenters. The van der Waals surface area contributed by atoms with Crippen molar-refractivity contribution in [3.8, 4) is 5.75 Å². The molecule has 0 fully saturated rings. The van der Waals surface area contributed by atoms with Crippen LogP contribution < -0.4 is 10.1 Å². The number of aryl methyl sites for hydroxylation is 4. The molecule has 0 heterocycles. The Bertz CT molecular complexity index is 549. The molecule has 0 aliphatic carbocycles. The van der Waals surface area contributed by atoms with E-state index < -0.39 is 0 Å². The highest BCUT2D eigenvalue weighted by Crippen LogP contribution is 2.19. The molecule has 0 aromatic heterocycles. The third-order valence-corrected chi connectivity index (χ3v) is 3.35. The van der Waals surface area contributed by atoms with Crippen LogP contribution in [0.2, 0.25) is 0 Å². The van der Waals surface area contributed by atoms with E-state index in [2.05, 4.69) is 69.4 Å². The molecule has 20 heavy (non-hydrogen) atoms. The maximum absolute atomic E-state index is 5.81. The van der Waals surface area contributed by atoms with E-state index in [1.807, 2.05) is 0 Å². The van der Waals surface area contributed by atoms with Gasteiger partial charge in [-0.2, -0.15) is 0 Å². The first kappa shape index (κ1) is 14.4. The van der Waals surface area contributed by atoms with Crippen LogP contribution in [0.25, 0.3) is 0 Å². The summed E-state index contributed by atoms with van der Waals surface area (Å²) in [4.78, 5) is 0. The fourth-order valence-electron chi connectivity index (χ4n) is 2.45. The van der Waals surface area contributed by atoms with E-state index in [0.29, 0.717) is 6.61 Å². The van der Waals surface area contributed by atoms with E-state index in [1.54, 1.807) is 0 Å². The summed E-state index contributed by atoms with van der Waals surface area (Å²) in [6.45, 7) is 9.90. The summed E-state index contributed by atoms with van der Waals surface area (Å²) in [7, 11) is 0. The quantitative estimate of drug-likeness (QED) is 0.812. The lowest BCUT2D eigenvalue weighted by Gasteiger charge is -2.13. The maximum atomic E-state index is 5.81. The van der Waals surface area contributed by atoms with Crippen LogP contribution in [-0.2, 0) is 0 Å². The van der Waals surface area contributed by atoms with Gasteiger partial charge in [-0.25, -0.2) is 0 Å². The van der Waals surface area contributed by atoms with Crippen LogP contribution in [-0.4, -0.2) is 13.2 Å². The van der Waals surface area contributed by atoms with Gasteiger partial charge in [-0.3, -0.25) is 0 Å². The molecule has 0 aliphatic rings. The first-order chi connectivity index (χ1) is 9.56. The van der Waals surface area contributed by atoms with Gasteiger partial charge < -0.3 is 10.1 Å². The van der Waals surface area contributed by atoms with Crippen molar-refractivity contribution in [2.24, 2.45) is 0 Å². The highest BCUT2D eigenvalue weighted by Gasteiger charge is 2.01. The van der Waals surface area contributed by atoms with Crippen molar-refractivity contribution in [3.05, 3.63) is 58.7 Å². The van der Waals surface area contributed by atoms with Gasteiger partial charge in [-0.15, -0.1) is 0 Å². The van der Waals surface area contributed by atoms with Crippen LogP contribution in [0, 0.1) is 27.7 Å². The van der Waals surface area contributed by atoms with Crippen molar-refractivity contribution in [2.75, 3.05) is 18.5 Å². The van der Waals surface area contributed by atoms with Crippen molar-refractivity contribution in [1.82, 2.24) is 0 Å². The van der Waals surface area contributed by atoms with Gasteiger partial charge in [0.15, 0.2) is 0 Å². The molecule has 2 aromatic carbocycles. The molecular weight excluding hydrogens is 246 g/mol. The maximum Gasteiger partial charge on any atom is 0.119 e. The Morgan fingerprint density at radius 3 is 2.10 bits per heavy atom. The highest BCUT2D eigenvalue weighted by atomic mass is 16.5. The Balaban J connectivity index is 1.88. The summed E-state index contributed by atoms with van der Waals surface area (Å²) in [5.41, 5.74) is 6.25. The normalized spacial score (nSPS) is 10.4. The summed E-state index contributed by atoms with van der Waals surface area (Å²) in [5.74, 6) is 0.950. The van der Waals surface area contributed by atoms with Gasteiger partial charge in [0.1, 0.15) is 12.4 Å². The van der Waals surface area contributed by atoms with Crippen molar-refractivity contribution in [1.29, 1.82) is 0 Å². The van der Waals surface area contributed by atoms with Gasteiger partial charge in [0, 0.05) is 12.2 Å². The van der Waals surface area contributed by atoms with E-state index in [-0.39, 0.29) is 0 Å². The molecule has 0 atom stereocenters. The molecule has 106 valence electrons.